The van der Waals surface area contributed by atoms with Crippen LogP contribution in [0.3, 0.4) is 0 Å². The van der Waals surface area contributed by atoms with Crippen LogP contribution in [-0.4, -0.2) is 0 Å². The molecule has 4 heteroatoms. The molecule has 0 aromatic heterocycles. The third-order valence-electron chi connectivity index (χ3n) is 15.0. The van der Waals surface area contributed by atoms with E-state index in [1.165, 1.54) is 21.5 Å². The molecule has 0 radical (unpaired) electrons. The van der Waals surface area contributed by atoms with Gasteiger partial charge in [0, 0.05) is 49.4 Å². The van der Waals surface area contributed by atoms with E-state index in [1.54, 1.807) is 0 Å². The first kappa shape index (κ1) is 47.9. The highest BCUT2D eigenvalue weighted by molar-refractivity contribution is 7.85. The van der Waals surface area contributed by atoms with Crippen LogP contribution in [0.1, 0.15) is 0 Å². The molecule has 0 saturated heterocycles. The van der Waals surface area contributed by atoms with Crippen LogP contribution < -0.4 is 25.7 Å². The Kier molecular flexibility index (Phi) is 12.9. The van der Waals surface area contributed by atoms with Crippen LogP contribution >= 0.6 is 7.14 Å². The average Bonchev–Trinajstić information content (AvgIpc) is 3.57. The predicted octanol–water partition coefficient (Wildman–Crippen LogP) is 19.2. The lowest BCUT2D eigenvalue weighted by Gasteiger charge is -2.27. The van der Waals surface area contributed by atoms with Crippen molar-refractivity contribution in [2.24, 2.45) is 0 Å². The highest BCUT2D eigenvalue weighted by atomic mass is 31.2. The van der Waals surface area contributed by atoms with E-state index in [4.69, 9.17) is 0 Å². The van der Waals surface area contributed by atoms with Crippen LogP contribution in [0.2, 0.25) is 0 Å². The second kappa shape index (κ2) is 21.1. The summed E-state index contributed by atoms with van der Waals surface area (Å²) in [4.78, 5) is 4.66. The minimum Gasteiger partial charge on any atom is -0.310 e. The Morgan fingerprint density at radius 3 is 0.795 bits per heavy atom. The van der Waals surface area contributed by atoms with Gasteiger partial charge in [-0.3, -0.25) is 0 Å². The summed E-state index contributed by atoms with van der Waals surface area (Å²) in [5.74, 6) is 0. The smallest absolute Gasteiger partial charge is 0.171 e. The maximum absolute atomic E-state index is 15.7. The van der Waals surface area contributed by atoms with Crippen molar-refractivity contribution in [3.8, 4) is 44.5 Å². The number of rotatable bonds is 13. The van der Waals surface area contributed by atoms with Crippen LogP contribution in [-0.2, 0) is 4.57 Å². The van der Waals surface area contributed by atoms with E-state index in [2.05, 4.69) is 277 Å². The van der Waals surface area contributed by atoms with Gasteiger partial charge in [0.15, 0.2) is 7.14 Å². The molecule has 0 aliphatic heterocycles. The third kappa shape index (κ3) is 9.28. The highest BCUT2D eigenvalue weighted by Gasteiger charge is 2.30. The summed E-state index contributed by atoms with van der Waals surface area (Å²) in [5, 5.41) is 7.24. The molecule has 13 aromatic carbocycles. The van der Waals surface area contributed by atoms with Crippen molar-refractivity contribution < 1.29 is 4.57 Å². The number of hydrogen-bond acceptors (Lipinski definition) is 3. The Balaban J connectivity index is 0.726. The van der Waals surface area contributed by atoms with E-state index >= 15 is 4.57 Å². The fourth-order valence-electron chi connectivity index (χ4n) is 10.9. The molecule has 0 bridgehead atoms. The summed E-state index contributed by atoms with van der Waals surface area (Å²) in [6, 6.07) is 113. The van der Waals surface area contributed by atoms with Gasteiger partial charge in [0.05, 0.1) is 11.4 Å². The van der Waals surface area contributed by atoms with E-state index in [9.17, 15) is 0 Å². The summed E-state index contributed by atoms with van der Waals surface area (Å²) in [6.07, 6.45) is 0. The first-order valence-corrected chi connectivity index (χ1v) is 28.2. The zero-order valence-electron chi connectivity index (χ0n) is 42.8. The van der Waals surface area contributed by atoms with Crippen molar-refractivity contribution in [1.29, 1.82) is 0 Å². The molecular weight excluding hydrogens is 964 g/mol. The maximum Gasteiger partial charge on any atom is 0.171 e. The van der Waals surface area contributed by atoms with Crippen molar-refractivity contribution in [3.63, 3.8) is 0 Å². The molecule has 13 rings (SSSR count). The molecule has 0 heterocycles. The minimum atomic E-state index is -3.23. The molecular formula is C74H53N2OP. The molecule has 0 spiro atoms. The molecule has 0 aliphatic rings. The van der Waals surface area contributed by atoms with Gasteiger partial charge in [0.1, 0.15) is 0 Å². The molecule has 3 nitrogen and oxygen atoms in total. The summed E-state index contributed by atoms with van der Waals surface area (Å²) in [6.45, 7) is 0. The molecule has 0 amide bonds. The molecule has 0 saturated carbocycles. The second-order valence-electron chi connectivity index (χ2n) is 19.6. The fourth-order valence-corrected chi connectivity index (χ4v) is 13.6. The van der Waals surface area contributed by atoms with Gasteiger partial charge in [-0.2, -0.15) is 0 Å². The van der Waals surface area contributed by atoms with Crippen LogP contribution in [0.25, 0.3) is 66.1 Å². The molecule has 0 fully saturated rings. The lowest BCUT2D eigenvalue weighted by atomic mass is 10.00. The Morgan fingerprint density at radius 1 is 0.205 bits per heavy atom. The van der Waals surface area contributed by atoms with Crippen molar-refractivity contribution >= 4 is 78.7 Å². The van der Waals surface area contributed by atoms with E-state index < -0.39 is 7.14 Å². The Bertz CT molecular complexity index is 3960. The Morgan fingerprint density at radius 2 is 0.449 bits per heavy atom. The van der Waals surface area contributed by atoms with Crippen molar-refractivity contribution in [1.82, 2.24) is 0 Å². The summed E-state index contributed by atoms with van der Waals surface area (Å²) < 4.78 is 15.7. The zero-order valence-corrected chi connectivity index (χ0v) is 43.7. The van der Waals surface area contributed by atoms with E-state index in [0.29, 0.717) is 0 Å². The Hall–Kier alpha value is -9.79. The molecule has 0 aliphatic carbocycles. The molecule has 0 N–H and O–H groups in total. The van der Waals surface area contributed by atoms with Gasteiger partial charge < -0.3 is 14.4 Å². The van der Waals surface area contributed by atoms with Gasteiger partial charge in [-0.25, -0.2) is 0 Å². The van der Waals surface area contributed by atoms with Gasteiger partial charge in [0.2, 0.25) is 0 Å². The van der Waals surface area contributed by atoms with E-state index in [-0.39, 0.29) is 0 Å². The first-order valence-electron chi connectivity index (χ1n) is 26.5. The summed E-state index contributed by atoms with van der Waals surface area (Å²) >= 11 is 0. The third-order valence-corrected chi connectivity index (χ3v) is 18.1. The quantitative estimate of drug-likeness (QED) is 0.108. The fraction of sp³-hybridized carbons (Fsp3) is 0. The normalized spacial score (nSPS) is 11.4. The van der Waals surface area contributed by atoms with Crippen LogP contribution in [0.4, 0.5) is 34.1 Å². The lowest BCUT2D eigenvalue weighted by molar-refractivity contribution is 0.592. The molecule has 0 atom stereocenters. The zero-order chi connectivity index (χ0) is 52.3. The van der Waals surface area contributed by atoms with Crippen LogP contribution in [0, 0.1) is 0 Å². The largest absolute Gasteiger partial charge is 0.310 e. The number of para-hydroxylation sites is 2. The van der Waals surface area contributed by atoms with Gasteiger partial charge >= 0.3 is 0 Å². The summed E-state index contributed by atoms with van der Waals surface area (Å²) in [7, 11) is -3.23. The standard InChI is InChI=1S/C74H53N2OP/c77-78(68-24-8-3-9-25-68,69-50-42-60(43-51-69)56-34-30-54(31-35-56)58-38-46-66(47-39-58)75(64-20-4-1-5-21-64)73-28-14-18-62-16-10-12-26-71(62)73)70-52-44-61(45-53-70)57-36-32-55(33-37-57)59-40-48-67(49-41-59)76(65-22-6-2-7-23-65)74-29-15-19-63-17-11-13-27-72(63)74/h1-53H. The minimum absolute atomic E-state index is 0.800. The van der Waals surface area contributed by atoms with Gasteiger partial charge in [-0.05, 0) is 116 Å². The topological polar surface area (TPSA) is 23.6 Å². The molecule has 13 aromatic rings. The predicted molar refractivity (Wildman–Crippen MR) is 332 cm³/mol. The second-order valence-corrected chi connectivity index (χ2v) is 22.4. The van der Waals surface area contributed by atoms with Crippen molar-refractivity contribution in [2.45, 2.75) is 0 Å². The van der Waals surface area contributed by atoms with E-state index in [0.717, 1.165) is 94.5 Å². The number of nitrogens with zero attached hydrogens (tertiary/aromatic N) is 2. The summed E-state index contributed by atoms with van der Waals surface area (Å²) in [5.41, 5.74) is 15.6. The number of hydrogen-bond donors (Lipinski definition) is 0. The molecule has 0 unspecified atom stereocenters. The van der Waals surface area contributed by atoms with E-state index in [1.807, 2.05) is 54.6 Å². The van der Waals surface area contributed by atoms with Crippen LogP contribution in [0.5, 0.6) is 0 Å². The highest BCUT2D eigenvalue weighted by Crippen LogP contribution is 2.45. The van der Waals surface area contributed by atoms with Crippen molar-refractivity contribution in [3.05, 3.63) is 322 Å². The van der Waals surface area contributed by atoms with Crippen molar-refractivity contribution in [2.75, 3.05) is 9.80 Å². The maximum atomic E-state index is 15.7. The monoisotopic (exact) mass is 1020 g/mol. The average molecular weight is 1020 g/mol. The van der Waals surface area contributed by atoms with Gasteiger partial charge in [0.25, 0.3) is 0 Å². The van der Waals surface area contributed by atoms with Gasteiger partial charge in [-0.1, -0.05) is 261 Å². The number of benzene rings is 13. The van der Waals surface area contributed by atoms with Gasteiger partial charge in [-0.15, -0.1) is 0 Å². The number of anilines is 6. The lowest BCUT2D eigenvalue weighted by Crippen LogP contribution is -2.24. The first-order chi connectivity index (χ1) is 38.5. The SMILES string of the molecule is O=P(c1ccccc1)(c1ccc(-c2ccc(-c3ccc(N(c4ccccc4)c4cccc5ccccc45)cc3)cc2)cc1)c1ccc(-c2ccc(-c3ccc(N(c4ccccc4)c4cccc5ccccc45)cc3)cc2)cc1. The Labute approximate surface area is 456 Å². The van der Waals surface area contributed by atoms with Crippen LogP contribution in [0.15, 0.2) is 322 Å². The number of fused-ring (bicyclic) bond motifs is 2. The molecule has 78 heavy (non-hydrogen) atoms. The molecule has 370 valence electrons.